The first-order valence-corrected chi connectivity index (χ1v) is 7.14. The van der Waals surface area contributed by atoms with Gasteiger partial charge in [-0.05, 0) is 40.7 Å². The molecule has 1 N–H and O–H groups in total. The summed E-state index contributed by atoms with van der Waals surface area (Å²) in [5, 5.41) is 3.60. The van der Waals surface area contributed by atoms with E-state index < -0.39 is 0 Å². The molecule has 0 spiro atoms. The summed E-state index contributed by atoms with van der Waals surface area (Å²) in [6.07, 6.45) is 1.28. The van der Waals surface area contributed by atoms with E-state index in [1.165, 1.54) is 39.1 Å². The Balaban J connectivity index is 2.23. The molecule has 0 aliphatic carbocycles. The lowest BCUT2D eigenvalue weighted by molar-refractivity contribution is 0.0990. The number of hydrogen-bond donors (Lipinski definition) is 1. The van der Waals surface area contributed by atoms with Crippen LogP contribution in [0, 0.1) is 0 Å². The van der Waals surface area contributed by atoms with Crippen LogP contribution in [-0.4, -0.2) is 60.6 Å². The summed E-state index contributed by atoms with van der Waals surface area (Å²) in [5.74, 6) is 0. The Kier molecular flexibility index (Phi) is 5.90. The molecule has 0 aromatic rings. The van der Waals surface area contributed by atoms with E-state index in [2.05, 4.69) is 49.7 Å². The van der Waals surface area contributed by atoms with Gasteiger partial charge in [0, 0.05) is 44.3 Å². The SMILES string of the molecule is CCCN1CCN(C(C)CNC(C)(C)C)CC1. The number of nitrogens with one attached hydrogen (secondary N) is 1. The van der Waals surface area contributed by atoms with Crippen LogP contribution >= 0.6 is 0 Å². The minimum Gasteiger partial charge on any atom is -0.311 e. The molecule has 1 aliphatic rings. The smallest absolute Gasteiger partial charge is 0.0193 e. The summed E-state index contributed by atoms with van der Waals surface area (Å²) in [6, 6.07) is 0.651. The second-order valence-corrected chi connectivity index (χ2v) is 6.36. The first-order valence-electron chi connectivity index (χ1n) is 7.14. The molecule has 1 saturated heterocycles. The summed E-state index contributed by atoms with van der Waals surface area (Å²) >= 11 is 0. The van der Waals surface area contributed by atoms with Gasteiger partial charge in [-0.3, -0.25) is 4.90 Å². The molecule has 0 bridgehead atoms. The third-order valence-corrected chi connectivity index (χ3v) is 3.50. The van der Waals surface area contributed by atoms with Crippen LogP contribution in [0.4, 0.5) is 0 Å². The molecule has 17 heavy (non-hydrogen) atoms. The molecule has 0 amide bonds. The quantitative estimate of drug-likeness (QED) is 0.792. The lowest BCUT2D eigenvalue weighted by Crippen LogP contribution is -2.53. The molecule has 0 aromatic heterocycles. The van der Waals surface area contributed by atoms with Crippen LogP contribution in [0.25, 0.3) is 0 Å². The molecule has 1 aliphatic heterocycles. The van der Waals surface area contributed by atoms with Crippen molar-refractivity contribution in [3.8, 4) is 0 Å². The monoisotopic (exact) mass is 241 g/mol. The van der Waals surface area contributed by atoms with E-state index in [9.17, 15) is 0 Å². The van der Waals surface area contributed by atoms with Crippen LogP contribution in [-0.2, 0) is 0 Å². The molecule has 1 atom stereocenters. The second-order valence-electron chi connectivity index (χ2n) is 6.36. The van der Waals surface area contributed by atoms with Gasteiger partial charge in [-0.2, -0.15) is 0 Å². The predicted octanol–water partition coefficient (Wildman–Crippen LogP) is 1.79. The highest BCUT2D eigenvalue weighted by Gasteiger charge is 2.21. The summed E-state index contributed by atoms with van der Waals surface area (Å²) in [4.78, 5) is 5.20. The van der Waals surface area contributed by atoms with Crippen LogP contribution in [0.15, 0.2) is 0 Å². The Bertz CT molecular complexity index is 202. The van der Waals surface area contributed by atoms with E-state index in [1.807, 2.05) is 0 Å². The maximum absolute atomic E-state index is 3.60. The summed E-state index contributed by atoms with van der Waals surface area (Å²) in [7, 11) is 0. The maximum atomic E-state index is 3.60. The topological polar surface area (TPSA) is 18.5 Å². The normalized spacial score (nSPS) is 21.7. The van der Waals surface area contributed by atoms with Crippen LogP contribution in [0.3, 0.4) is 0 Å². The maximum Gasteiger partial charge on any atom is 0.0193 e. The lowest BCUT2D eigenvalue weighted by Gasteiger charge is -2.39. The van der Waals surface area contributed by atoms with E-state index >= 15 is 0 Å². The van der Waals surface area contributed by atoms with Crippen LogP contribution in [0.1, 0.15) is 41.0 Å². The molecular weight excluding hydrogens is 210 g/mol. The average molecular weight is 241 g/mol. The Morgan fingerprint density at radius 3 is 2.18 bits per heavy atom. The van der Waals surface area contributed by atoms with Gasteiger partial charge >= 0.3 is 0 Å². The second kappa shape index (κ2) is 6.72. The van der Waals surface area contributed by atoms with E-state index in [4.69, 9.17) is 0 Å². The number of piperazine rings is 1. The van der Waals surface area contributed by atoms with Gasteiger partial charge < -0.3 is 10.2 Å². The highest BCUT2D eigenvalue weighted by Crippen LogP contribution is 2.07. The Morgan fingerprint density at radius 2 is 1.71 bits per heavy atom. The van der Waals surface area contributed by atoms with E-state index in [1.54, 1.807) is 0 Å². The van der Waals surface area contributed by atoms with Gasteiger partial charge in [0.05, 0.1) is 0 Å². The average Bonchev–Trinajstić information content (AvgIpc) is 2.26. The molecule has 0 aromatic carbocycles. The summed E-state index contributed by atoms with van der Waals surface area (Å²) in [6.45, 7) is 18.6. The molecule has 1 heterocycles. The zero-order valence-corrected chi connectivity index (χ0v) is 12.4. The standard InChI is InChI=1S/C14H31N3/c1-6-7-16-8-10-17(11-9-16)13(2)12-15-14(3,4)5/h13,15H,6-12H2,1-5H3. The zero-order chi connectivity index (χ0) is 12.9. The highest BCUT2D eigenvalue weighted by atomic mass is 15.3. The minimum atomic E-state index is 0.234. The van der Waals surface area contributed by atoms with Gasteiger partial charge in [-0.1, -0.05) is 6.92 Å². The molecule has 3 heteroatoms. The molecule has 1 rings (SSSR count). The van der Waals surface area contributed by atoms with E-state index in [0.29, 0.717) is 6.04 Å². The molecule has 0 saturated carbocycles. The summed E-state index contributed by atoms with van der Waals surface area (Å²) < 4.78 is 0. The van der Waals surface area contributed by atoms with Crippen molar-refractivity contribution in [1.29, 1.82) is 0 Å². The Labute approximate surface area is 108 Å². The van der Waals surface area contributed by atoms with Crippen molar-refractivity contribution in [3.63, 3.8) is 0 Å². The lowest BCUT2D eigenvalue weighted by atomic mass is 10.1. The van der Waals surface area contributed by atoms with Crippen molar-refractivity contribution >= 4 is 0 Å². The van der Waals surface area contributed by atoms with Crippen molar-refractivity contribution in [1.82, 2.24) is 15.1 Å². The first-order chi connectivity index (χ1) is 7.92. The van der Waals surface area contributed by atoms with Gasteiger partial charge in [-0.25, -0.2) is 0 Å². The molecule has 102 valence electrons. The van der Waals surface area contributed by atoms with Crippen LogP contribution in [0.2, 0.25) is 0 Å². The number of hydrogen-bond acceptors (Lipinski definition) is 3. The van der Waals surface area contributed by atoms with Gasteiger partial charge in [0.15, 0.2) is 0 Å². The van der Waals surface area contributed by atoms with Gasteiger partial charge in [0.1, 0.15) is 0 Å². The molecule has 1 fully saturated rings. The fourth-order valence-electron chi connectivity index (χ4n) is 2.33. The number of rotatable bonds is 5. The third-order valence-electron chi connectivity index (χ3n) is 3.50. The van der Waals surface area contributed by atoms with Crippen LogP contribution < -0.4 is 5.32 Å². The third kappa shape index (κ3) is 5.84. The van der Waals surface area contributed by atoms with Crippen molar-refractivity contribution in [2.75, 3.05) is 39.3 Å². The Morgan fingerprint density at radius 1 is 1.12 bits per heavy atom. The molecular formula is C14H31N3. The van der Waals surface area contributed by atoms with Crippen molar-refractivity contribution < 1.29 is 0 Å². The fraction of sp³-hybridized carbons (Fsp3) is 1.00. The van der Waals surface area contributed by atoms with E-state index in [0.717, 1.165) is 6.54 Å². The fourth-order valence-corrected chi connectivity index (χ4v) is 2.33. The zero-order valence-electron chi connectivity index (χ0n) is 12.4. The summed E-state index contributed by atoms with van der Waals surface area (Å²) in [5.41, 5.74) is 0.234. The van der Waals surface area contributed by atoms with Crippen molar-refractivity contribution in [2.45, 2.75) is 52.6 Å². The largest absolute Gasteiger partial charge is 0.311 e. The van der Waals surface area contributed by atoms with Crippen molar-refractivity contribution in [2.24, 2.45) is 0 Å². The first kappa shape index (κ1) is 14.9. The predicted molar refractivity (Wildman–Crippen MR) is 75.5 cm³/mol. The molecule has 1 unspecified atom stereocenters. The highest BCUT2D eigenvalue weighted by molar-refractivity contribution is 4.80. The van der Waals surface area contributed by atoms with Gasteiger partial charge in [-0.15, -0.1) is 0 Å². The van der Waals surface area contributed by atoms with Gasteiger partial charge in [0.2, 0.25) is 0 Å². The molecule has 0 radical (unpaired) electrons. The Hall–Kier alpha value is -0.120. The minimum absolute atomic E-state index is 0.234. The molecule has 3 nitrogen and oxygen atoms in total. The number of nitrogens with zero attached hydrogens (tertiary/aromatic N) is 2. The van der Waals surface area contributed by atoms with Crippen LogP contribution in [0.5, 0.6) is 0 Å². The van der Waals surface area contributed by atoms with Gasteiger partial charge in [0.25, 0.3) is 0 Å². The van der Waals surface area contributed by atoms with Crippen molar-refractivity contribution in [3.05, 3.63) is 0 Å². The van der Waals surface area contributed by atoms with E-state index in [-0.39, 0.29) is 5.54 Å².